The van der Waals surface area contributed by atoms with Crippen molar-refractivity contribution < 1.29 is 31.7 Å². The molecule has 0 unspecified atom stereocenters. The van der Waals surface area contributed by atoms with Crippen molar-refractivity contribution in [3.63, 3.8) is 0 Å². The quantitative estimate of drug-likeness (QED) is 0.646. The number of hydrogen-bond acceptors (Lipinski definition) is 7. The monoisotopic (exact) mass is 410 g/mol. The van der Waals surface area contributed by atoms with Crippen LogP contribution in [0.25, 0.3) is 0 Å². The Bertz CT molecular complexity index is 1010. The number of ketones is 1. The van der Waals surface area contributed by atoms with Crippen LogP contribution in [-0.4, -0.2) is 45.1 Å². The second-order valence-corrected chi connectivity index (χ2v) is 8.19. The van der Waals surface area contributed by atoms with Crippen molar-refractivity contribution in [1.29, 1.82) is 0 Å². The summed E-state index contributed by atoms with van der Waals surface area (Å²) in [5, 5.41) is 3.68. The number of para-hydroxylation sites is 1. The van der Waals surface area contributed by atoms with E-state index in [9.17, 15) is 22.4 Å². The molecule has 1 aromatic heterocycles. The number of nitrogens with zero attached hydrogens (tertiary/aromatic N) is 2. The summed E-state index contributed by atoms with van der Waals surface area (Å²) >= 11 is 0. The average Bonchev–Trinajstić information content (AvgIpc) is 3.44. The van der Waals surface area contributed by atoms with E-state index < -0.39 is 32.6 Å². The van der Waals surface area contributed by atoms with Crippen LogP contribution >= 0.6 is 0 Å². The third-order valence-corrected chi connectivity index (χ3v) is 5.78. The normalized spacial score (nSPS) is 14.0. The fourth-order valence-electron chi connectivity index (χ4n) is 2.99. The zero-order valence-corrected chi connectivity index (χ0v) is 16.2. The Balaban J connectivity index is 2.23. The van der Waals surface area contributed by atoms with Gasteiger partial charge in [-0.1, -0.05) is 11.2 Å². The number of ether oxygens (including phenoxy) is 1. The zero-order valence-electron chi connectivity index (χ0n) is 15.3. The van der Waals surface area contributed by atoms with Crippen molar-refractivity contribution in [3.05, 3.63) is 41.3 Å². The van der Waals surface area contributed by atoms with Crippen molar-refractivity contribution in [2.24, 2.45) is 0 Å². The second-order valence-electron chi connectivity index (χ2n) is 6.30. The van der Waals surface area contributed by atoms with Gasteiger partial charge in [0.05, 0.1) is 29.5 Å². The van der Waals surface area contributed by atoms with E-state index in [-0.39, 0.29) is 29.3 Å². The van der Waals surface area contributed by atoms with Gasteiger partial charge in [-0.15, -0.1) is 0 Å². The van der Waals surface area contributed by atoms with Crippen molar-refractivity contribution in [2.75, 3.05) is 24.6 Å². The zero-order chi connectivity index (χ0) is 20.5. The lowest BCUT2D eigenvalue weighted by atomic mass is 10.0. The van der Waals surface area contributed by atoms with Gasteiger partial charge >= 0.3 is 6.09 Å². The fraction of sp³-hybridized carbons (Fsp3) is 0.389. The fourth-order valence-corrected chi connectivity index (χ4v) is 3.90. The summed E-state index contributed by atoms with van der Waals surface area (Å²) in [6, 6.07) is 2.19. The number of amides is 1. The predicted molar refractivity (Wildman–Crippen MR) is 96.9 cm³/mol. The van der Waals surface area contributed by atoms with Gasteiger partial charge in [-0.05, 0) is 31.9 Å². The maximum atomic E-state index is 13.2. The minimum absolute atomic E-state index is 0.00485. The summed E-state index contributed by atoms with van der Waals surface area (Å²) in [6.45, 7) is 1.59. The van der Waals surface area contributed by atoms with Crippen molar-refractivity contribution in [1.82, 2.24) is 5.16 Å². The molecule has 1 saturated carbocycles. The molecule has 0 radical (unpaired) electrons. The average molecular weight is 410 g/mol. The molecule has 0 saturated heterocycles. The van der Waals surface area contributed by atoms with Crippen LogP contribution in [0.3, 0.4) is 0 Å². The first-order valence-corrected chi connectivity index (χ1v) is 10.3. The molecule has 1 amide bonds. The topological polar surface area (TPSA) is 107 Å². The smallest absolute Gasteiger partial charge is 0.414 e. The van der Waals surface area contributed by atoms with E-state index in [4.69, 9.17) is 9.26 Å². The van der Waals surface area contributed by atoms with Crippen LogP contribution in [-0.2, 0) is 14.6 Å². The lowest BCUT2D eigenvalue weighted by Crippen LogP contribution is -2.33. The third-order valence-electron chi connectivity index (χ3n) is 4.49. The number of halogens is 1. The van der Waals surface area contributed by atoms with E-state index >= 15 is 0 Å². The summed E-state index contributed by atoms with van der Waals surface area (Å²) in [6.07, 6.45) is 2.12. The van der Waals surface area contributed by atoms with E-state index in [0.29, 0.717) is 5.76 Å². The lowest BCUT2D eigenvalue weighted by molar-refractivity contribution is 0.103. The van der Waals surface area contributed by atoms with Crippen molar-refractivity contribution in [2.45, 2.75) is 30.6 Å². The highest BCUT2D eigenvalue weighted by molar-refractivity contribution is 7.91. The number of methoxy groups -OCH3 is 1. The van der Waals surface area contributed by atoms with E-state index in [1.54, 1.807) is 6.92 Å². The maximum Gasteiger partial charge on any atom is 0.414 e. The number of alkyl halides is 1. The van der Waals surface area contributed by atoms with E-state index in [0.717, 1.165) is 30.9 Å². The number of rotatable bonds is 7. The number of hydrogen-bond donors (Lipinski definition) is 0. The Kier molecular flexibility index (Phi) is 5.50. The van der Waals surface area contributed by atoms with Gasteiger partial charge in [0.25, 0.3) is 0 Å². The number of carbonyl (C=O) groups is 2. The highest BCUT2D eigenvalue weighted by Gasteiger charge is 2.35. The molecule has 1 heterocycles. The molecular weight excluding hydrogens is 391 g/mol. The number of sulfone groups is 1. The molecule has 150 valence electrons. The lowest BCUT2D eigenvalue weighted by Gasteiger charge is -2.24. The Labute approximate surface area is 161 Å². The maximum absolute atomic E-state index is 13.2. The minimum atomic E-state index is -4.37. The summed E-state index contributed by atoms with van der Waals surface area (Å²) in [7, 11) is -3.24. The Morgan fingerprint density at radius 2 is 2.04 bits per heavy atom. The van der Waals surface area contributed by atoms with Crippen molar-refractivity contribution >= 4 is 27.4 Å². The van der Waals surface area contributed by atoms with Gasteiger partial charge in [-0.25, -0.2) is 17.6 Å². The molecule has 3 rings (SSSR count). The molecule has 1 aliphatic rings. The van der Waals surface area contributed by atoms with Gasteiger partial charge in [0, 0.05) is 18.0 Å². The predicted octanol–water partition coefficient (Wildman–Crippen LogP) is 3.08. The van der Waals surface area contributed by atoms with E-state index in [1.807, 2.05) is 0 Å². The van der Waals surface area contributed by atoms with Gasteiger partial charge in [0.2, 0.25) is 9.84 Å². The molecule has 0 N–H and O–H groups in total. The van der Waals surface area contributed by atoms with Crippen LogP contribution in [0.1, 0.15) is 47.4 Å². The molecule has 2 aromatic rings. The van der Waals surface area contributed by atoms with Gasteiger partial charge in [-0.2, -0.15) is 0 Å². The SMILES string of the molecule is CCN(C(=O)OC)c1c(C(=O)c2cnoc2C2CC2)cccc1S(=O)(=O)CF. The molecule has 1 aliphatic carbocycles. The van der Waals surface area contributed by atoms with Crippen LogP contribution in [0, 0.1) is 0 Å². The molecular formula is C18H19FN2O6S. The Morgan fingerprint density at radius 1 is 1.32 bits per heavy atom. The van der Waals surface area contributed by atoms with Gasteiger partial charge in [0.1, 0.15) is 0 Å². The van der Waals surface area contributed by atoms with Crippen LogP contribution in [0.5, 0.6) is 0 Å². The molecule has 0 atom stereocenters. The Morgan fingerprint density at radius 3 is 2.61 bits per heavy atom. The second kappa shape index (κ2) is 7.70. The minimum Gasteiger partial charge on any atom is -0.452 e. The van der Waals surface area contributed by atoms with Crippen molar-refractivity contribution in [3.8, 4) is 0 Å². The third kappa shape index (κ3) is 3.51. The molecule has 1 fully saturated rings. The molecule has 8 nitrogen and oxygen atoms in total. The number of aromatic nitrogens is 1. The van der Waals surface area contributed by atoms with Gasteiger partial charge in [0.15, 0.2) is 17.6 Å². The highest BCUT2D eigenvalue weighted by atomic mass is 32.2. The largest absolute Gasteiger partial charge is 0.452 e. The van der Waals surface area contributed by atoms with E-state index in [2.05, 4.69) is 5.16 Å². The van der Waals surface area contributed by atoms with Crippen LogP contribution in [0.2, 0.25) is 0 Å². The molecule has 28 heavy (non-hydrogen) atoms. The number of carbonyl (C=O) groups excluding carboxylic acids is 2. The first-order chi connectivity index (χ1) is 13.4. The molecule has 0 aliphatic heterocycles. The van der Waals surface area contributed by atoms with Crippen LogP contribution in [0.15, 0.2) is 33.8 Å². The van der Waals surface area contributed by atoms with Crippen LogP contribution < -0.4 is 4.90 Å². The standard InChI is InChI=1S/C18H19FN2O6S/c1-3-21(18(23)26-2)15-12(5-4-6-14(15)28(24,25)10-19)16(22)13-9-20-27-17(13)11-7-8-11/h4-6,9,11H,3,7-8,10H2,1-2H3. The summed E-state index contributed by atoms with van der Waals surface area (Å²) in [5.74, 6) is -0.0437. The number of benzene rings is 1. The number of anilines is 1. The van der Waals surface area contributed by atoms with Crippen LogP contribution in [0.4, 0.5) is 14.9 Å². The first kappa shape index (κ1) is 20.0. The highest BCUT2D eigenvalue weighted by Crippen LogP contribution is 2.42. The molecule has 1 aromatic carbocycles. The van der Waals surface area contributed by atoms with E-state index in [1.165, 1.54) is 18.3 Å². The van der Waals surface area contributed by atoms with Gasteiger partial charge < -0.3 is 9.26 Å². The Hall–Kier alpha value is -2.75. The summed E-state index contributed by atoms with van der Waals surface area (Å²) in [5.41, 5.74) is -0.103. The van der Waals surface area contributed by atoms with Gasteiger partial charge in [-0.3, -0.25) is 9.69 Å². The summed E-state index contributed by atoms with van der Waals surface area (Å²) < 4.78 is 47.7. The first-order valence-electron chi connectivity index (χ1n) is 8.62. The molecule has 0 bridgehead atoms. The molecule has 0 spiro atoms. The summed E-state index contributed by atoms with van der Waals surface area (Å²) in [4.78, 5) is 26.0. The molecule has 10 heteroatoms.